The van der Waals surface area contributed by atoms with Gasteiger partial charge in [-0.25, -0.2) is 0 Å². The van der Waals surface area contributed by atoms with E-state index < -0.39 is 0 Å². The zero-order valence-corrected chi connectivity index (χ0v) is 3.98. The molecule has 0 aromatic rings. The van der Waals surface area contributed by atoms with Crippen LogP contribution in [0.2, 0.25) is 0 Å². The summed E-state index contributed by atoms with van der Waals surface area (Å²) in [6, 6.07) is 0. The largest absolute Gasteiger partial charge is 0.483 e. The van der Waals surface area contributed by atoms with Gasteiger partial charge in [0.2, 0.25) is 0 Å². The molecule has 40 valence electrons. The lowest BCUT2D eigenvalue weighted by Gasteiger charge is -1.89. The van der Waals surface area contributed by atoms with Crippen LogP contribution < -0.4 is 0 Å². The number of nitrogens with one attached hydrogen (secondary N) is 2. The maximum Gasteiger partial charge on any atom is 0.166 e. The molecule has 0 saturated heterocycles. The molecule has 0 unspecified atom stereocenters. The summed E-state index contributed by atoms with van der Waals surface area (Å²) < 4.78 is 4.46. The second-order valence-corrected chi connectivity index (χ2v) is 0.981. The van der Waals surface area contributed by atoms with Gasteiger partial charge in [0.25, 0.3) is 0 Å². The number of hydrogen-bond donors (Lipinski definition) is 2. The first-order chi connectivity index (χ1) is 3.41. The molecule has 0 aliphatic heterocycles. The Morgan fingerprint density at radius 3 is 2.57 bits per heavy atom. The van der Waals surface area contributed by atoms with Crippen molar-refractivity contribution >= 4 is 12.6 Å². The van der Waals surface area contributed by atoms with Crippen LogP contribution in [0.1, 0.15) is 6.42 Å². The van der Waals surface area contributed by atoms with Gasteiger partial charge in [-0.05, 0) is 6.21 Å². The Balaban J connectivity index is 2.68. The fraction of sp³-hybridized carbons (Fsp3) is 0.500. The molecular weight excluding hydrogens is 92.1 g/mol. The molecule has 0 aliphatic rings. The Kier molecular flexibility index (Phi) is 4.51. The third-order valence-electron chi connectivity index (χ3n) is 0.463. The molecule has 0 bridgehead atoms. The molecule has 3 nitrogen and oxygen atoms in total. The Labute approximate surface area is 42.3 Å². The van der Waals surface area contributed by atoms with Gasteiger partial charge in [-0.2, -0.15) is 0 Å². The summed E-state index contributed by atoms with van der Waals surface area (Å²) in [5.74, 6) is 0. The van der Waals surface area contributed by atoms with E-state index in [0.717, 1.165) is 6.40 Å². The average Bonchev–Trinajstić information content (AvgIpc) is 1.69. The Morgan fingerprint density at radius 1 is 1.43 bits per heavy atom. The predicted octanol–water partition coefficient (Wildman–Crippen LogP) is 0.650. The zero-order valence-electron chi connectivity index (χ0n) is 3.98. The zero-order chi connectivity index (χ0) is 5.54. The molecule has 0 spiro atoms. The van der Waals surface area contributed by atoms with Crippen LogP contribution in [0.4, 0.5) is 0 Å². The van der Waals surface area contributed by atoms with Gasteiger partial charge in [0.1, 0.15) is 0 Å². The van der Waals surface area contributed by atoms with Crippen molar-refractivity contribution < 1.29 is 4.74 Å². The number of hydrogen-bond acceptors (Lipinski definition) is 3. The number of ether oxygens (including phenoxy) is 1. The van der Waals surface area contributed by atoms with Crippen molar-refractivity contribution in [3.63, 3.8) is 0 Å². The van der Waals surface area contributed by atoms with Crippen LogP contribution in [0.15, 0.2) is 0 Å². The molecule has 0 amide bonds. The van der Waals surface area contributed by atoms with Crippen LogP contribution in [-0.4, -0.2) is 19.2 Å². The second kappa shape index (κ2) is 5.14. The summed E-state index contributed by atoms with van der Waals surface area (Å²) >= 11 is 0. The molecule has 0 aromatic carbocycles. The molecule has 3 heteroatoms. The first-order valence-electron chi connectivity index (χ1n) is 2.01. The van der Waals surface area contributed by atoms with E-state index in [4.69, 9.17) is 10.8 Å². The van der Waals surface area contributed by atoms with E-state index in [-0.39, 0.29) is 0 Å². The second-order valence-electron chi connectivity index (χ2n) is 0.981. The van der Waals surface area contributed by atoms with Gasteiger partial charge in [-0.1, -0.05) is 0 Å². The van der Waals surface area contributed by atoms with Crippen LogP contribution in [-0.2, 0) is 4.74 Å². The van der Waals surface area contributed by atoms with Gasteiger partial charge in [-0.15, -0.1) is 0 Å². The fourth-order valence-electron chi connectivity index (χ4n) is 0.186. The SMILES string of the molecule is N=CCCOC=N. The van der Waals surface area contributed by atoms with Crippen LogP contribution in [0.3, 0.4) is 0 Å². The highest BCUT2D eigenvalue weighted by Gasteiger charge is 1.74. The van der Waals surface area contributed by atoms with Crippen molar-refractivity contribution in [3.8, 4) is 0 Å². The van der Waals surface area contributed by atoms with Gasteiger partial charge in [-0.3, -0.25) is 5.41 Å². The van der Waals surface area contributed by atoms with E-state index in [1.807, 2.05) is 0 Å². The monoisotopic (exact) mass is 100 g/mol. The summed E-state index contributed by atoms with van der Waals surface area (Å²) in [4.78, 5) is 0. The third-order valence-corrected chi connectivity index (χ3v) is 0.463. The van der Waals surface area contributed by atoms with Crippen molar-refractivity contribution in [2.75, 3.05) is 6.61 Å². The van der Waals surface area contributed by atoms with E-state index in [1.165, 1.54) is 6.21 Å². The van der Waals surface area contributed by atoms with E-state index in [2.05, 4.69) is 4.74 Å². The predicted molar refractivity (Wildman–Crippen MR) is 28.1 cm³/mol. The van der Waals surface area contributed by atoms with Crippen LogP contribution in [0.5, 0.6) is 0 Å². The minimum absolute atomic E-state index is 0.451. The Morgan fingerprint density at radius 2 is 2.14 bits per heavy atom. The summed E-state index contributed by atoms with van der Waals surface area (Å²) in [6.07, 6.45) is 2.72. The molecule has 2 N–H and O–H groups in total. The molecule has 7 heavy (non-hydrogen) atoms. The van der Waals surface area contributed by atoms with E-state index in [9.17, 15) is 0 Å². The van der Waals surface area contributed by atoms with Crippen LogP contribution in [0, 0.1) is 10.8 Å². The van der Waals surface area contributed by atoms with Crippen molar-refractivity contribution in [2.45, 2.75) is 6.42 Å². The van der Waals surface area contributed by atoms with Crippen molar-refractivity contribution in [1.82, 2.24) is 0 Å². The lowest BCUT2D eigenvalue weighted by molar-refractivity contribution is 0.330. The summed E-state index contributed by atoms with van der Waals surface area (Å²) in [7, 11) is 0. The molecule has 0 heterocycles. The van der Waals surface area contributed by atoms with Crippen molar-refractivity contribution in [1.29, 1.82) is 10.8 Å². The first-order valence-corrected chi connectivity index (χ1v) is 2.01. The van der Waals surface area contributed by atoms with Gasteiger partial charge in [0.15, 0.2) is 6.40 Å². The maximum absolute atomic E-state index is 6.50. The average molecular weight is 100 g/mol. The van der Waals surface area contributed by atoms with Gasteiger partial charge < -0.3 is 10.1 Å². The highest BCUT2D eigenvalue weighted by atomic mass is 16.5. The fourth-order valence-corrected chi connectivity index (χ4v) is 0.186. The smallest absolute Gasteiger partial charge is 0.166 e. The standard InChI is InChI=1S/C4H8N2O/c5-2-1-3-7-4-6/h2,4-6H,1,3H2. The molecule has 0 saturated carbocycles. The summed E-state index contributed by atoms with van der Waals surface area (Å²) in [5.41, 5.74) is 0. The number of rotatable bonds is 4. The maximum atomic E-state index is 6.50. The van der Waals surface area contributed by atoms with Crippen LogP contribution >= 0.6 is 0 Å². The lowest BCUT2D eigenvalue weighted by Crippen LogP contribution is -1.89. The molecule has 0 rings (SSSR count). The van der Waals surface area contributed by atoms with Gasteiger partial charge in [0.05, 0.1) is 6.61 Å². The molecular formula is C4H8N2O. The highest BCUT2D eigenvalue weighted by molar-refractivity contribution is 5.53. The first kappa shape index (κ1) is 6.14. The summed E-state index contributed by atoms with van der Waals surface area (Å²) in [5, 5.41) is 12.9. The van der Waals surface area contributed by atoms with E-state index in [1.54, 1.807) is 0 Å². The van der Waals surface area contributed by atoms with E-state index in [0.29, 0.717) is 13.0 Å². The van der Waals surface area contributed by atoms with Crippen molar-refractivity contribution in [3.05, 3.63) is 0 Å². The molecule has 0 aromatic heterocycles. The normalized spacial score (nSPS) is 7.43. The molecule has 0 atom stereocenters. The Bertz CT molecular complexity index is 54.7. The lowest BCUT2D eigenvalue weighted by atomic mass is 10.5. The van der Waals surface area contributed by atoms with Crippen LogP contribution in [0.25, 0.3) is 0 Å². The minimum Gasteiger partial charge on any atom is -0.483 e. The van der Waals surface area contributed by atoms with E-state index >= 15 is 0 Å². The Hall–Kier alpha value is -0.860. The van der Waals surface area contributed by atoms with Crippen molar-refractivity contribution in [2.24, 2.45) is 0 Å². The molecule has 0 radical (unpaired) electrons. The quantitative estimate of drug-likeness (QED) is 0.304. The topological polar surface area (TPSA) is 56.9 Å². The highest BCUT2D eigenvalue weighted by Crippen LogP contribution is 1.70. The minimum atomic E-state index is 0.451. The van der Waals surface area contributed by atoms with Gasteiger partial charge >= 0.3 is 0 Å². The molecule has 0 aliphatic carbocycles. The molecule has 0 fully saturated rings. The van der Waals surface area contributed by atoms with Gasteiger partial charge in [0, 0.05) is 6.42 Å². The summed E-state index contributed by atoms with van der Waals surface area (Å²) in [6.45, 7) is 0.451. The third kappa shape index (κ3) is 5.14.